The monoisotopic (exact) mass is 278 g/mol. The first-order chi connectivity index (χ1) is 9.33. The minimum atomic E-state index is 0.150. The number of ether oxygens (including phenoxy) is 1. The Morgan fingerprint density at radius 2 is 1.95 bits per heavy atom. The summed E-state index contributed by atoms with van der Waals surface area (Å²) in [5.41, 5.74) is 0.571. The Morgan fingerprint density at radius 1 is 1.11 bits per heavy atom. The summed E-state index contributed by atoms with van der Waals surface area (Å²) >= 11 is 5.95. The van der Waals surface area contributed by atoms with E-state index in [1.165, 1.54) is 0 Å². The first-order valence-electron chi connectivity index (χ1n) is 5.83. The van der Waals surface area contributed by atoms with Crippen LogP contribution in [-0.2, 0) is 4.74 Å². The lowest BCUT2D eigenvalue weighted by Gasteiger charge is -2.26. The fraction of sp³-hybridized carbons (Fsp3) is 0.364. The van der Waals surface area contributed by atoms with Crippen molar-refractivity contribution in [3.63, 3.8) is 0 Å². The molecule has 1 aliphatic rings. The quantitative estimate of drug-likeness (QED) is 0.805. The molecule has 98 valence electrons. The fourth-order valence-corrected chi connectivity index (χ4v) is 1.93. The van der Waals surface area contributed by atoms with Gasteiger partial charge in [-0.1, -0.05) is 0 Å². The van der Waals surface area contributed by atoms with Crippen molar-refractivity contribution in [3.8, 4) is 11.5 Å². The minimum Gasteiger partial charge on any atom is -0.378 e. The molecule has 3 rings (SSSR count). The van der Waals surface area contributed by atoms with Crippen LogP contribution >= 0.6 is 11.6 Å². The molecule has 0 unspecified atom stereocenters. The summed E-state index contributed by atoms with van der Waals surface area (Å²) in [5.74, 6) is 0.971. The highest BCUT2D eigenvalue weighted by atomic mass is 35.5. The van der Waals surface area contributed by atoms with Crippen molar-refractivity contribution in [2.45, 2.75) is 0 Å². The van der Waals surface area contributed by atoms with Gasteiger partial charge < -0.3 is 9.64 Å². The van der Waals surface area contributed by atoms with Gasteiger partial charge in [-0.3, -0.25) is 4.98 Å². The average molecular weight is 279 g/mol. The van der Waals surface area contributed by atoms with Crippen molar-refractivity contribution in [1.82, 2.24) is 24.9 Å². The third-order valence-electron chi connectivity index (χ3n) is 2.68. The highest BCUT2D eigenvalue weighted by Crippen LogP contribution is 2.17. The molecule has 0 N–H and O–H groups in total. The number of hydrogen-bond donors (Lipinski definition) is 0. The van der Waals surface area contributed by atoms with Crippen LogP contribution in [0, 0.1) is 0 Å². The molecule has 19 heavy (non-hydrogen) atoms. The van der Waals surface area contributed by atoms with Gasteiger partial charge in [0.15, 0.2) is 5.82 Å². The smallest absolute Gasteiger partial charge is 0.230 e. The van der Waals surface area contributed by atoms with E-state index in [-0.39, 0.29) is 5.28 Å². The van der Waals surface area contributed by atoms with Crippen LogP contribution in [0.3, 0.4) is 0 Å². The first kappa shape index (κ1) is 12.2. The maximum atomic E-state index is 5.95. The van der Waals surface area contributed by atoms with Crippen molar-refractivity contribution in [2.24, 2.45) is 0 Å². The molecule has 0 bridgehead atoms. The van der Waals surface area contributed by atoms with E-state index < -0.39 is 0 Å². The molecule has 0 saturated carbocycles. The average Bonchev–Trinajstić information content (AvgIpc) is 2.48. The second kappa shape index (κ2) is 5.41. The van der Waals surface area contributed by atoms with Gasteiger partial charge in [0.05, 0.1) is 19.4 Å². The van der Waals surface area contributed by atoms with Crippen LogP contribution in [-0.4, -0.2) is 51.2 Å². The molecular weight excluding hydrogens is 268 g/mol. The zero-order chi connectivity index (χ0) is 13.1. The van der Waals surface area contributed by atoms with Gasteiger partial charge in [0.25, 0.3) is 0 Å². The number of nitrogens with zero attached hydrogens (tertiary/aromatic N) is 6. The maximum absolute atomic E-state index is 5.95. The number of anilines is 1. The molecule has 1 fully saturated rings. The molecule has 0 aliphatic carbocycles. The largest absolute Gasteiger partial charge is 0.378 e. The van der Waals surface area contributed by atoms with E-state index in [1.54, 1.807) is 18.6 Å². The summed E-state index contributed by atoms with van der Waals surface area (Å²) in [7, 11) is 0. The fourth-order valence-electron chi connectivity index (χ4n) is 1.77. The van der Waals surface area contributed by atoms with Crippen molar-refractivity contribution in [3.05, 3.63) is 23.9 Å². The molecule has 2 aromatic rings. The topological polar surface area (TPSA) is 76.9 Å². The predicted molar refractivity (Wildman–Crippen MR) is 68.9 cm³/mol. The van der Waals surface area contributed by atoms with E-state index in [4.69, 9.17) is 16.3 Å². The van der Waals surface area contributed by atoms with Gasteiger partial charge in [0.1, 0.15) is 5.69 Å². The maximum Gasteiger partial charge on any atom is 0.230 e. The Kier molecular flexibility index (Phi) is 3.47. The molecule has 0 atom stereocenters. The highest BCUT2D eigenvalue weighted by molar-refractivity contribution is 6.28. The molecule has 0 spiro atoms. The van der Waals surface area contributed by atoms with E-state index >= 15 is 0 Å². The van der Waals surface area contributed by atoms with Gasteiger partial charge in [-0.15, -0.1) is 0 Å². The van der Waals surface area contributed by atoms with Gasteiger partial charge in [-0.25, -0.2) is 4.98 Å². The molecule has 0 aromatic carbocycles. The Hall–Kier alpha value is -1.86. The van der Waals surface area contributed by atoms with Crippen molar-refractivity contribution in [2.75, 3.05) is 31.2 Å². The van der Waals surface area contributed by atoms with E-state index in [9.17, 15) is 0 Å². The van der Waals surface area contributed by atoms with Crippen LogP contribution in [0.5, 0.6) is 0 Å². The second-order valence-corrected chi connectivity index (χ2v) is 4.26. The standard InChI is InChI=1S/C11H11ClN6O/c12-10-15-9(8-7-13-1-2-14-8)16-11(17-10)18-3-5-19-6-4-18/h1-2,7H,3-6H2. The molecule has 0 amide bonds. The summed E-state index contributed by atoms with van der Waals surface area (Å²) in [6.45, 7) is 2.79. The normalized spacial score (nSPS) is 15.5. The first-order valence-corrected chi connectivity index (χ1v) is 6.21. The van der Waals surface area contributed by atoms with Gasteiger partial charge in [-0.2, -0.15) is 15.0 Å². The summed E-state index contributed by atoms with van der Waals surface area (Å²) in [6.07, 6.45) is 4.77. The summed E-state index contributed by atoms with van der Waals surface area (Å²) < 4.78 is 5.30. The van der Waals surface area contributed by atoms with E-state index in [1.807, 2.05) is 4.90 Å². The lowest BCUT2D eigenvalue weighted by atomic mass is 10.4. The SMILES string of the molecule is Clc1nc(-c2cnccn2)nc(N2CCOCC2)n1. The van der Waals surface area contributed by atoms with E-state index in [0.29, 0.717) is 30.7 Å². The van der Waals surface area contributed by atoms with Crippen LogP contribution in [0.4, 0.5) is 5.95 Å². The number of rotatable bonds is 2. The number of aromatic nitrogens is 5. The Bertz CT molecular complexity index is 560. The lowest BCUT2D eigenvalue weighted by molar-refractivity contribution is 0.122. The molecule has 7 nitrogen and oxygen atoms in total. The third kappa shape index (κ3) is 2.77. The van der Waals surface area contributed by atoms with Crippen LogP contribution in [0.2, 0.25) is 5.28 Å². The molecule has 0 radical (unpaired) electrons. The molecule has 2 aromatic heterocycles. The van der Waals surface area contributed by atoms with Gasteiger partial charge in [0.2, 0.25) is 11.2 Å². The molecular formula is C11H11ClN6O. The van der Waals surface area contributed by atoms with Crippen LogP contribution in [0.1, 0.15) is 0 Å². The van der Waals surface area contributed by atoms with Gasteiger partial charge in [-0.05, 0) is 11.6 Å². The van der Waals surface area contributed by atoms with Crippen molar-refractivity contribution >= 4 is 17.5 Å². The van der Waals surface area contributed by atoms with E-state index in [2.05, 4.69) is 24.9 Å². The summed E-state index contributed by atoms with van der Waals surface area (Å²) in [6, 6.07) is 0. The molecule has 3 heterocycles. The molecule has 1 saturated heterocycles. The molecule has 1 aliphatic heterocycles. The molecule has 8 heteroatoms. The Balaban J connectivity index is 1.96. The lowest BCUT2D eigenvalue weighted by Crippen LogP contribution is -2.37. The Morgan fingerprint density at radius 3 is 2.68 bits per heavy atom. The summed E-state index contributed by atoms with van der Waals surface area (Å²) in [4.78, 5) is 22.8. The number of halogens is 1. The van der Waals surface area contributed by atoms with Crippen LogP contribution in [0.25, 0.3) is 11.5 Å². The van der Waals surface area contributed by atoms with E-state index in [0.717, 1.165) is 13.1 Å². The minimum absolute atomic E-state index is 0.150. The zero-order valence-corrected chi connectivity index (χ0v) is 10.8. The predicted octanol–water partition coefficient (Wildman–Crippen LogP) is 0.819. The Labute approximate surface area is 114 Å². The second-order valence-electron chi connectivity index (χ2n) is 3.92. The van der Waals surface area contributed by atoms with Gasteiger partial charge in [0, 0.05) is 25.5 Å². The number of morpholine rings is 1. The van der Waals surface area contributed by atoms with Crippen LogP contribution < -0.4 is 4.90 Å². The van der Waals surface area contributed by atoms with Gasteiger partial charge >= 0.3 is 0 Å². The number of hydrogen-bond acceptors (Lipinski definition) is 7. The zero-order valence-electron chi connectivity index (χ0n) is 10.0. The third-order valence-corrected chi connectivity index (χ3v) is 2.85. The van der Waals surface area contributed by atoms with Crippen LogP contribution in [0.15, 0.2) is 18.6 Å². The summed E-state index contributed by atoms with van der Waals surface area (Å²) in [5, 5.41) is 0.150. The van der Waals surface area contributed by atoms with Crippen molar-refractivity contribution in [1.29, 1.82) is 0 Å². The highest BCUT2D eigenvalue weighted by Gasteiger charge is 2.17. The van der Waals surface area contributed by atoms with Crippen molar-refractivity contribution < 1.29 is 4.74 Å².